The van der Waals surface area contributed by atoms with Gasteiger partial charge >= 0.3 is 0 Å². The number of benzene rings is 1. The number of nitrogens with zero attached hydrogens (tertiary/aromatic N) is 4. The first-order valence-corrected chi connectivity index (χ1v) is 11.6. The van der Waals surface area contributed by atoms with Crippen molar-refractivity contribution in [2.24, 2.45) is 0 Å². The highest BCUT2D eigenvalue weighted by molar-refractivity contribution is 6.30. The fraction of sp³-hybridized carbons (Fsp3) is 0.269. The molecule has 0 spiro atoms. The van der Waals surface area contributed by atoms with Gasteiger partial charge in [-0.05, 0) is 75.3 Å². The van der Waals surface area contributed by atoms with E-state index in [4.69, 9.17) is 21.3 Å². The SMILES string of the molecule is CC(c1ccc2cc(-n3ccc(OCc4ccc(Cl)cn4)cc3=O)ccc2n1)N1CCCC1. The summed E-state index contributed by atoms with van der Waals surface area (Å²) < 4.78 is 7.32. The topological polar surface area (TPSA) is 60.3 Å². The van der Waals surface area contributed by atoms with E-state index in [1.54, 1.807) is 35.2 Å². The maximum atomic E-state index is 12.8. The standard InChI is InChI=1S/C26H25ClN4O2/c1-18(30-11-2-3-12-30)24-8-4-19-14-22(7-9-25(19)29-24)31-13-10-23(15-26(31)32)33-17-21-6-5-20(27)16-28-21/h4-10,13-16,18H,2-3,11-12,17H2,1H3. The van der Waals surface area contributed by atoms with Crippen LogP contribution in [0.3, 0.4) is 0 Å². The first-order chi connectivity index (χ1) is 16.1. The summed E-state index contributed by atoms with van der Waals surface area (Å²) in [5.74, 6) is 0.496. The Kier molecular flexibility index (Phi) is 6.11. The van der Waals surface area contributed by atoms with Crippen LogP contribution in [0, 0.1) is 0 Å². The summed E-state index contributed by atoms with van der Waals surface area (Å²) in [7, 11) is 0. The van der Waals surface area contributed by atoms with E-state index in [9.17, 15) is 4.79 Å². The molecular weight excluding hydrogens is 436 g/mol. The molecule has 1 aromatic carbocycles. The highest BCUT2D eigenvalue weighted by Gasteiger charge is 2.20. The Morgan fingerprint density at radius 2 is 1.91 bits per heavy atom. The molecule has 5 rings (SSSR count). The number of fused-ring (bicyclic) bond motifs is 1. The van der Waals surface area contributed by atoms with Crippen LogP contribution < -0.4 is 10.3 Å². The number of likely N-dealkylation sites (tertiary alicyclic amines) is 1. The number of aromatic nitrogens is 3. The van der Waals surface area contributed by atoms with Gasteiger partial charge in [0.05, 0.1) is 21.9 Å². The summed E-state index contributed by atoms with van der Waals surface area (Å²) in [4.78, 5) is 24.3. The second-order valence-electron chi connectivity index (χ2n) is 8.36. The lowest BCUT2D eigenvalue weighted by atomic mass is 10.1. The Morgan fingerprint density at radius 1 is 1.06 bits per heavy atom. The van der Waals surface area contributed by atoms with Gasteiger partial charge in [-0.25, -0.2) is 0 Å². The summed E-state index contributed by atoms with van der Waals surface area (Å²) in [6.45, 7) is 4.76. The minimum absolute atomic E-state index is 0.164. The van der Waals surface area contributed by atoms with Crippen LogP contribution >= 0.6 is 11.6 Å². The van der Waals surface area contributed by atoms with E-state index in [0.717, 1.165) is 41.1 Å². The minimum atomic E-state index is -0.164. The molecule has 1 aliphatic rings. The normalized spacial score (nSPS) is 15.1. The highest BCUT2D eigenvalue weighted by Crippen LogP contribution is 2.26. The Bertz CT molecular complexity index is 1330. The van der Waals surface area contributed by atoms with Gasteiger partial charge < -0.3 is 4.74 Å². The second kappa shape index (κ2) is 9.33. The van der Waals surface area contributed by atoms with Gasteiger partial charge in [0.25, 0.3) is 5.56 Å². The molecule has 1 saturated heterocycles. The molecule has 0 amide bonds. The fourth-order valence-corrected chi connectivity index (χ4v) is 4.35. The summed E-state index contributed by atoms with van der Waals surface area (Å²) in [5, 5.41) is 1.58. The molecule has 0 radical (unpaired) electrons. The van der Waals surface area contributed by atoms with Crippen LogP contribution in [0.4, 0.5) is 0 Å². The zero-order valence-corrected chi connectivity index (χ0v) is 19.2. The van der Waals surface area contributed by atoms with Crippen molar-refractivity contribution in [1.82, 2.24) is 19.4 Å². The van der Waals surface area contributed by atoms with Crippen LogP contribution in [0.2, 0.25) is 5.02 Å². The van der Waals surface area contributed by atoms with Crippen molar-refractivity contribution < 1.29 is 4.74 Å². The molecule has 1 atom stereocenters. The fourth-order valence-electron chi connectivity index (χ4n) is 4.24. The molecule has 0 aliphatic carbocycles. The Hall–Kier alpha value is -3.22. The van der Waals surface area contributed by atoms with E-state index in [-0.39, 0.29) is 12.2 Å². The minimum Gasteiger partial charge on any atom is -0.487 e. The summed E-state index contributed by atoms with van der Waals surface area (Å²) >= 11 is 5.86. The molecule has 1 unspecified atom stereocenters. The van der Waals surface area contributed by atoms with Crippen LogP contribution in [-0.2, 0) is 6.61 Å². The van der Waals surface area contributed by atoms with Gasteiger partial charge in [0.2, 0.25) is 0 Å². The van der Waals surface area contributed by atoms with Crippen molar-refractivity contribution in [3.63, 3.8) is 0 Å². The maximum absolute atomic E-state index is 12.8. The summed E-state index contributed by atoms with van der Waals surface area (Å²) in [5.41, 5.74) is 3.39. The van der Waals surface area contributed by atoms with Gasteiger partial charge in [0, 0.05) is 35.6 Å². The van der Waals surface area contributed by atoms with E-state index >= 15 is 0 Å². The number of pyridine rings is 3. The van der Waals surface area contributed by atoms with Crippen molar-refractivity contribution >= 4 is 22.5 Å². The molecule has 33 heavy (non-hydrogen) atoms. The first kappa shape index (κ1) is 21.6. The van der Waals surface area contributed by atoms with Crippen molar-refractivity contribution in [3.05, 3.63) is 93.8 Å². The molecule has 4 heterocycles. The van der Waals surface area contributed by atoms with Crippen molar-refractivity contribution in [2.75, 3.05) is 13.1 Å². The molecule has 3 aromatic heterocycles. The van der Waals surface area contributed by atoms with Gasteiger partial charge in [0.15, 0.2) is 0 Å². The Morgan fingerprint density at radius 3 is 2.67 bits per heavy atom. The summed E-state index contributed by atoms with van der Waals surface area (Å²) in [6.07, 6.45) is 5.82. The zero-order valence-electron chi connectivity index (χ0n) is 18.4. The molecule has 1 fully saturated rings. The molecule has 168 valence electrons. The predicted molar refractivity (Wildman–Crippen MR) is 130 cm³/mol. The highest BCUT2D eigenvalue weighted by atomic mass is 35.5. The van der Waals surface area contributed by atoms with E-state index in [0.29, 0.717) is 16.8 Å². The molecule has 7 heteroatoms. The summed E-state index contributed by atoms with van der Waals surface area (Å²) in [6, 6.07) is 17.2. The molecule has 6 nitrogen and oxygen atoms in total. The molecule has 1 aliphatic heterocycles. The van der Waals surface area contributed by atoms with E-state index in [1.807, 2.05) is 18.2 Å². The lowest BCUT2D eigenvalue weighted by Crippen LogP contribution is -2.23. The number of halogens is 1. The second-order valence-corrected chi connectivity index (χ2v) is 8.80. The zero-order chi connectivity index (χ0) is 22.8. The van der Waals surface area contributed by atoms with Crippen LogP contribution in [-0.4, -0.2) is 32.5 Å². The monoisotopic (exact) mass is 460 g/mol. The number of hydrogen-bond donors (Lipinski definition) is 0. The van der Waals surface area contributed by atoms with Gasteiger partial charge in [0.1, 0.15) is 12.4 Å². The third-order valence-electron chi connectivity index (χ3n) is 6.16. The van der Waals surface area contributed by atoms with Crippen LogP contribution in [0.5, 0.6) is 5.75 Å². The van der Waals surface area contributed by atoms with Gasteiger partial charge in [-0.3, -0.25) is 24.2 Å². The van der Waals surface area contributed by atoms with E-state index in [2.05, 4.69) is 28.9 Å². The smallest absolute Gasteiger partial charge is 0.258 e. The Labute approximate surface area is 197 Å². The van der Waals surface area contributed by atoms with Gasteiger partial charge in [-0.15, -0.1) is 0 Å². The molecular formula is C26H25ClN4O2. The van der Waals surface area contributed by atoms with E-state index < -0.39 is 0 Å². The van der Waals surface area contributed by atoms with Gasteiger partial charge in [-0.1, -0.05) is 17.7 Å². The van der Waals surface area contributed by atoms with Crippen LogP contribution in [0.25, 0.3) is 16.6 Å². The quantitative estimate of drug-likeness (QED) is 0.397. The third-order valence-corrected chi connectivity index (χ3v) is 6.38. The average molecular weight is 461 g/mol. The van der Waals surface area contributed by atoms with Crippen molar-refractivity contribution in [2.45, 2.75) is 32.4 Å². The lowest BCUT2D eigenvalue weighted by molar-refractivity contribution is 0.259. The number of rotatable bonds is 6. The van der Waals surface area contributed by atoms with Crippen LogP contribution in [0.15, 0.2) is 71.8 Å². The van der Waals surface area contributed by atoms with Crippen LogP contribution in [0.1, 0.15) is 37.2 Å². The van der Waals surface area contributed by atoms with Gasteiger partial charge in [-0.2, -0.15) is 0 Å². The predicted octanol–water partition coefficient (Wildman–Crippen LogP) is 5.17. The largest absolute Gasteiger partial charge is 0.487 e. The Balaban J connectivity index is 1.34. The maximum Gasteiger partial charge on any atom is 0.258 e. The number of ether oxygens (including phenoxy) is 1. The first-order valence-electron chi connectivity index (χ1n) is 11.2. The van der Waals surface area contributed by atoms with Crippen molar-refractivity contribution in [3.8, 4) is 11.4 Å². The third kappa shape index (κ3) is 4.77. The lowest BCUT2D eigenvalue weighted by Gasteiger charge is -2.23. The molecule has 0 saturated carbocycles. The van der Waals surface area contributed by atoms with Crippen molar-refractivity contribution in [1.29, 1.82) is 0 Å². The molecule has 0 N–H and O–H groups in total. The van der Waals surface area contributed by atoms with E-state index in [1.165, 1.54) is 18.9 Å². The number of hydrogen-bond acceptors (Lipinski definition) is 5. The molecule has 4 aromatic rings. The average Bonchev–Trinajstić information content (AvgIpc) is 3.38. The molecule has 0 bridgehead atoms.